The Bertz CT molecular complexity index is 1750. The van der Waals surface area contributed by atoms with Gasteiger partial charge in [0.2, 0.25) is 0 Å². The topological polar surface area (TPSA) is 0 Å². The molecular formula is C48H60Cl2SiZr. The molecule has 0 aliphatic heterocycles. The fourth-order valence-corrected chi connectivity index (χ4v) is 6.76. The molecule has 0 aliphatic carbocycles. The molecule has 0 aromatic heterocycles. The second kappa shape index (κ2) is 24.2. The summed E-state index contributed by atoms with van der Waals surface area (Å²) in [6.07, 6.45) is 9.72. The van der Waals surface area contributed by atoms with Crippen LogP contribution < -0.4 is 0 Å². The number of fused-ring (bicyclic) bond motifs is 2. The van der Waals surface area contributed by atoms with Crippen LogP contribution in [0.2, 0.25) is 13.1 Å². The van der Waals surface area contributed by atoms with Gasteiger partial charge in [-0.15, -0.1) is 69.1 Å². The van der Waals surface area contributed by atoms with E-state index in [2.05, 4.69) is 164 Å². The fraction of sp³-hybridized carbons (Fsp3) is 0.375. The normalized spacial score (nSPS) is 11.7. The zero-order valence-electron chi connectivity index (χ0n) is 33.0. The Labute approximate surface area is 338 Å². The summed E-state index contributed by atoms with van der Waals surface area (Å²) in [5.74, 6) is 1.26. The molecule has 4 heteroatoms. The number of hydrogen-bond acceptors (Lipinski definition) is 0. The van der Waals surface area contributed by atoms with Gasteiger partial charge < -0.3 is 0 Å². The molecule has 6 aromatic carbocycles. The first-order valence-electron chi connectivity index (χ1n) is 19.4. The molecule has 0 fully saturated rings. The molecule has 6 aromatic rings. The molecule has 52 heavy (non-hydrogen) atoms. The quantitative estimate of drug-likeness (QED) is 0.0852. The van der Waals surface area contributed by atoms with E-state index >= 15 is 0 Å². The Hall–Kier alpha value is -2.22. The van der Waals surface area contributed by atoms with Crippen molar-refractivity contribution in [1.29, 1.82) is 0 Å². The number of halogens is 2. The standard InChI is InChI=1S/2C23H27.C2H6Si.2ClH.Zr/c2*1-4-6-10-18-11-7-8-13-21(18)22-14-9-12-19-15-20(16-23(19)22)17(3)5-2;1-3-2;;;/h2*7-9,11-17H,4-6,10H2,1-3H3;1-2H3;2*1H;/q2*-1;;;;+4/p-2. The summed E-state index contributed by atoms with van der Waals surface area (Å²) in [5, 5.41) is 5.57. The van der Waals surface area contributed by atoms with Gasteiger partial charge in [-0.05, 0) is 59.8 Å². The molecule has 0 spiro atoms. The van der Waals surface area contributed by atoms with Gasteiger partial charge in [-0.3, -0.25) is 0 Å². The summed E-state index contributed by atoms with van der Waals surface area (Å²) in [7, 11) is 11.0. The van der Waals surface area contributed by atoms with Crippen molar-refractivity contribution in [2.75, 3.05) is 0 Å². The van der Waals surface area contributed by atoms with Gasteiger partial charge in [0.1, 0.15) is 0 Å². The van der Waals surface area contributed by atoms with Crippen molar-refractivity contribution in [2.24, 2.45) is 0 Å². The Morgan fingerprint density at radius 3 is 1.25 bits per heavy atom. The molecule has 0 nitrogen and oxygen atoms in total. The van der Waals surface area contributed by atoms with E-state index in [0.717, 1.165) is 9.52 Å². The van der Waals surface area contributed by atoms with Crippen LogP contribution in [0.3, 0.4) is 0 Å². The Morgan fingerprint density at radius 2 is 0.904 bits per heavy atom. The van der Waals surface area contributed by atoms with Gasteiger partial charge in [0.15, 0.2) is 0 Å². The summed E-state index contributed by atoms with van der Waals surface area (Å²) < 4.78 is 0. The van der Waals surface area contributed by atoms with Gasteiger partial charge in [0.05, 0.1) is 0 Å². The molecule has 0 bridgehead atoms. The van der Waals surface area contributed by atoms with Gasteiger partial charge in [-0.1, -0.05) is 152 Å². The van der Waals surface area contributed by atoms with E-state index in [1.54, 1.807) is 0 Å². The average Bonchev–Trinajstić information content (AvgIpc) is 3.82. The zero-order valence-corrected chi connectivity index (χ0v) is 37.9. The second-order valence-corrected chi connectivity index (χ2v) is 18.6. The van der Waals surface area contributed by atoms with Crippen molar-refractivity contribution in [2.45, 2.75) is 118 Å². The SMILES string of the molecule is CCCCc1ccccc1-c1cccc2[cH-]c(C(C)CC)cc12.CCCCc1ccccc1-c1cccc2[cH-]c(C(C)CC)cc12.C[Si]C.[Cl][Zr+2][Cl]. The maximum absolute atomic E-state index is 4.93. The van der Waals surface area contributed by atoms with Crippen LogP contribution in [0.15, 0.2) is 109 Å². The molecule has 0 heterocycles. The first-order valence-corrected chi connectivity index (χ1v) is 27.7. The molecule has 2 atom stereocenters. The predicted octanol–water partition coefficient (Wildman–Crippen LogP) is 16.3. The van der Waals surface area contributed by atoms with Crippen molar-refractivity contribution in [3.63, 3.8) is 0 Å². The number of hydrogen-bond donors (Lipinski definition) is 0. The van der Waals surface area contributed by atoms with Crippen molar-refractivity contribution < 1.29 is 20.8 Å². The van der Waals surface area contributed by atoms with E-state index in [-0.39, 0.29) is 0 Å². The number of unbranched alkanes of at least 4 members (excludes halogenated alkanes) is 2. The van der Waals surface area contributed by atoms with Crippen LogP contribution in [-0.4, -0.2) is 9.52 Å². The number of rotatable bonds is 12. The molecule has 274 valence electrons. The molecule has 6 rings (SSSR count). The van der Waals surface area contributed by atoms with Gasteiger partial charge >= 0.3 is 37.9 Å². The van der Waals surface area contributed by atoms with Crippen LogP contribution in [-0.2, 0) is 33.7 Å². The van der Waals surface area contributed by atoms with E-state index in [4.69, 9.17) is 17.0 Å². The van der Waals surface area contributed by atoms with Gasteiger partial charge in [0, 0.05) is 9.52 Å². The van der Waals surface area contributed by atoms with Crippen molar-refractivity contribution in [1.82, 2.24) is 0 Å². The van der Waals surface area contributed by atoms with Crippen molar-refractivity contribution >= 4 is 48.1 Å². The Kier molecular flexibility index (Phi) is 20.6. The zero-order chi connectivity index (χ0) is 37.9. The molecule has 0 N–H and O–H groups in total. The third-order valence-electron chi connectivity index (χ3n) is 10.1. The third-order valence-corrected chi connectivity index (χ3v) is 10.1. The molecule has 2 radical (unpaired) electrons. The molecule has 0 saturated heterocycles. The molecule has 0 amide bonds. The molecular weight excluding hydrogens is 767 g/mol. The second-order valence-electron chi connectivity index (χ2n) is 13.9. The van der Waals surface area contributed by atoms with Crippen LogP contribution in [0.25, 0.3) is 43.8 Å². The van der Waals surface area contributed by atoms with Crippen LogP contribution in [0.4, 0.5) is 0 Å². The van der Waals surface area contributed by atoms with Gasteiger partial charge in [0.25, 0.3) is 0 Å². The first kappa shape index (κ1) is 44.2. The van der Waals surface area contributed by atoms with Gasteiger partial charge in [-0.2, -0.15) is 12.1 Å². The van der Waals surface area contributed by atoms with Crippen LogP contribution >= 0.6 is 17.0 Å². The van der Waals surface area contributed by atoms with E-state index in [9.17, 15) is 0 Å². The summed E-state index contributed by atoms with van der Waals surface area (Å²) in [4.78, 5) is 0. The summed E-state index contributed by atoms with van der Waals surface area (Å²) >= 11 is -0.826. The third kappa shape index (κ3) is 12.4. The van der Waals surface area contributed by atoms with Crippen LogP contribution in [0.5, 0.6) is 0 Å². The summed E-state index contributed by atoms with van der Waals surface area (Å²) in [6, 6.07) is 40.9. The predicted molar refractivity (Wildman–Crippen MR) is 234 cm³/mol. The Morgan fingerprint density at radius 1 is 0.558 bits per heavy atom. The van der Waals surface area contributed by atoms with Gasteiger partial charge in [-0.25, -0.2) is 0 Å². The first-order chi connectivity index (χ1) is 25.3. The molecule has 0 saturated carbocycles. The minimum absolute atomic E-state index is 0.630. The van der Waals surface area contributed by atoms with E-state index in [0.29, 0.717) is 11.8 Å². The Balaban J connectivity index is 0.000000244. The van der Waals surface area contributed by atoms with E-state index in [1.165, 1.54) is 117 Å². The van der Waals surface area contributed by atoms with Crippen LogP contribution in [0.1, 0.15) is 114 Å². The van der Waals surface area contributed by atoms with E-state index < -0.39 is 20.8 Å². The van der Waals surface area contributed by atoms with Crippen molar-refractivity contribution in [3.8, 4) is 22.3 Å². The van der Waals surface area contributed by atoms with E-state index in [1.807, 2.05) is 0 Å². The monoisotopic (exact) mass is 824 g/mol. The summed E-state index contributed by atoms with van der Waals surface area (Å²) in [5.41, 5.74) is 11.5. The minimum atomic E-state index is -0.826. The fourth-order valence-electron chi connectivity index (χ4n) is 6.76. The van der Waals surface area contributed by atoms with Crippen LogP contribution in [0, 0.1) is 0 Å². The average molecular weight is 827 g/mol. The number of benzene rings is 4. The molecule has 2 unspecified atom stereocenters. The molecule has 0 aliphatic rings. The van der Waals surface area contributed by atoms with Crippen molar-refractivity contribution in [3.05, 3.63) is 131 Å². The number of aryl methyl sites for hydroxylation is 2. The summed E-state index contributed by atoms with van der Waals surface area (Å²) in [6.45, 7) is 18.0. The maximum atomic E-state index is 4.93.